The summed E-state index contributed by atoms with van der Waals surface area (Å²) >= 11 is 0. The summed E-state index contributed by atoms with van der Waals surface area (Å²) in [6.07, 6.45) is 4.00. The zero-order valence-corrected chi connectivity index (χ0v) is 15.2. The van der Waals surface area contributed by atoms with Gasteiger partial charge in [-0.3, -0.25) is 14.3 Å². The van der Waals surface area contributed by atoms with Crippen molar-refractivity contribution >= 4 is 17.5 Å². The minimum atomic E-state index is -0.117. The van der Waals surface area contributed by atoms with E-state index >= 15 is 0 Å². The molecule has 0 aliphatic heterocycles. The first-order valence-electron chi connectivity index (χ1n) is 8.77. The number of carbonyl (C=O) groups excluding carboxylic acids is 2. The number of benzene rings is 2. The summed E-state index contributed by atoms with van der Waals surface area (Å²) in [6.45, 7) is 2.61. The zero-order chi connectivity index (χ0) is 19.1. The third-order valence-electron chi connectivity index (χ3n) is 4.00. The second-order valence-electron chi connectivity index (χ2n) is 6.36. The Morgan fingerprint density at radius 2 is 1.70 bits per heavy atom. The number of carbonyl (C=O) groups is 2. The number of hydrogen-bond acceptors (Lipinski definition) is 3. The van der Waals surface area contributed by atoms with Crippen molar-refractivity contribution in [1.82, 2.24) is 15.1 Å². The van der Waals surface area contributed by atoms with E-state index < -0.39 is 0 Å². The number of hydrogen-bond donors (Lipinski definition) is 2. The molecule has 0 aliphatic carbocycles. The van der Waals surface area contributed by atoms with E-state index in [9.17, 15) is 9.59 Å². The highest BCUT2D eigenvalue weighted by Gasteiger charge is 2.06. The van der Waals surface area contributed by atoms with Crippen molar-refractivity contribution in [3.05, 3.63) is 83.7 Å². The summed E-state index contributed by atoms with van der Waals surface area (Å²) in [7, 11) is 0. The molecule has 0 radical (unpaired) electrons. The Morgan fingerprint density at radius 1 is 0.963 bits per heavy atom. The molecule has 3 aromatic rings. The highest BCUT2D eigenvalue weighted by atomic mass is 16.2. The molecule has 1 heterocycles. The Hall–Kier alpha value is -3.41. The van der Waals surface area contributed by atoms with Gasteiger partial charge >= 0.3 is 0 Å². The van der Waals surface area contributed by atoms with Gasteiger partial charge in [-0.2, -0.15) is 5.10 Å². The van der Waals surface area contributed by atoms with E-state index in [-0.39, 0.29) is 11.8 Å². The van der Waals surface area contributed by atoms with Gasteiger partial charge in [0, 0.05) is 30.9 Å². The van der Waals surface area contributed by atoms with Crippen LogP contribution in [0.2, 0.25) is 0 Å². The molecule has 138 valence electrons. The van der Waals surface area contributed by atoms with Gasteiger partial charge in [0.15, 0.2) is 0 Å². The van der Waals surface area contributed by atoms with Gasteiger partial charge in [-0.05, 0) is 23.3 Å². The van der Waals surface area contributed by atoms with Crippen molar-refractivity contribution in [1.29, 1.82) is 0 Å². The van der Waals surface area contributed by atoms with Gasteiger partial charge in [0.1, 0.15) is 0 Å². The lowest BCUT2D eigenvalue weighted by molar-refractivity contribution is -0.120. The van der Waals surface area contributed by atoms with Crippen molar-refractivity contribution in [2.24, 2.45) is 0 Å². The van der Waals surface area contributed by atoms with Crippen LogP contribution >= 0.6 is 0 Å². The maximum Gasteiger partial charge on any atom is 0.224 e. The highest BCUT2D eigenvalue weighted by Crippen LogP contribution is 2.10. The zero-order valence-electron chi connectivity index (χ0n) is 15.2. The molecule has 0 unspecified atom stereocenters. The summed E-state index contributed by atoms with van der Waals surface area (Å²) in [4.78, 5) is 23.2. The third-order valence-corrected chi connectivity index (χ3v) is 4.00. The Kier molecular flexibility index (Phi) is 5.99. The molecule has 6 heteroatoms. The lowest BCUT2D eigenvalue weighted by atomic mass is 10.1. The number of rotatable bonds is 7. The molecular weight excluding hydrogens is 340 g/mol. The van der Waals surface area contributed by atoms with Gasteiger partial charge in [0.05, 0.1) is 19.2 Å². The van der Waals surface area contributed by atoms with Gasteiger partial charge in [0.2, 0.25) is 11.8 Å². The predicted molar refractivity (Wildman–Crippen MR) is 104 cm³/mol. The topological polar surface area (TPSA) is 76.0 Å². The van der Waals surface area contributed by atoms with Crippen LogP contribution in [0.3, 0.4) is 0 Å². The number of anilines is 1. The maximum absolute atomic E-state index is 12.1. The molecule has 0 saturated carbocycles. The SMILES string of the molecule is CC(=O)Nc1ccc(CC(=O)NCc2cnn(Cc3ccccc3)c2)cc1. The summed E-state index contributed by atoms with van der Waals surface area (Å²) in [6, 6.07) is 17.4. The molecular formula is C21H22N4O2. The van der Waals surface area contributed by atoms with Gasteiger partial charge in [-0.25, -0.2) is 0 Å². The van der Waals surface area contributed by atoms with Crippen LogP contribution in [0.15, 0.2) is 67.0 Å². The summed E-state index contributed by atoms with van der Waals surface area (Å²) in [5, 5.41) is 9.95. The molecule has 0 spiro atoms. The molecule has 6 nitrogen and oxygen atoms in total. The maximum atomic E-state index is 12.1. The van der Waals surface area contributed by atoms with Crippen molar-refractivity contribution in [3.63, 3.8) is 0 Å². The molecule has 27 heavy (non-hydrogen) atoms. The van der Waals surface area contributed by atoms with Gasteiger partial charge in [-0.1, -0.05) is 42.5 Å². The van der Waals surface area contributed by atoms with Crippen LogP contribution < -0.4 is 10.6 Å². The van der Waals surface area contributed by atoms with Gasteiger partial charge in [0.25, 0.3) is 0 Å². The van der Waals surface area contributed by atoms with Crippen LogP contribution in [0.4, 0.5) is 5.69 Å². The fraction of sp³-hybridized carbons (Fsp3) is 0.190. The van der Waals surface area contributed by atoms with Gasteiger partial charge in [-0.15, -0.1) is 0 Å². The van der Waals surface area contributed by atoms with Crippen LogP contribution in [-0.2, 0) is 29.1 Å². The first-order valence-corrected chi connectivity index (χ1v) is 8.77. The Balaban J connectivity index is 1.47. The minimum absolute atomic E-state index is 0.0573. The monoisotopic (exact) mass is 362 g/mol. The fourth-order valence-electron chi connectivity index (χ4n) is 2.71. The molecule has 1 aromatic heterocycles. The fourth-order valence-corrected chi connectivity index (χ4v) is 2.71. The van der Waals surface area contributed by atoms with Crippen molar-refractivity contribution in [2.75, 3.05) is 5.32 Å². The molecule has 3 rings (SSSR count). The molecule has 0 bridgehead atoms. The average molecular weight is 362 g/mol. The minimum Gasteiger partial charge on any atom is -0.352 e. The normalized spacial score (nSPS) is 10.4. The van der Waals surface area contributed by atoms with Crippen LogP contribution in [0.5, 0.6) is 0 Å². The Morgan fingerprint density at radius 3 is 2.41 bits per heavy atom. The standard InChI is InChI=1S/C21H22N4O2/c1-16(26)24-20-9-7-17(8-10-20)11-21(27)22-12-19-13-23-25(15-19)14-18-5-3-2-4-6-18/h2-10,13,15H,11-12,14H2,1H3,(H,22,27)(H,24,26). The molecule has 2 amide bonds. The predicted octanol–water partition coefficient (Wildman–Crippen LogP) is 2.75. The molecule has 2 N–H and O–H groups in total. The van der Waals surface area contributed by atoms with Crippen molar-refractivity contribution < 1.29 is 9.59 Å². The van der Waals surface area contributed by atoms with Crippen LogP contribution in [0.1, 0.15) is 23.6 Å². The Labute approximate surface area is 158 Å². The first-order chi connectivity index (χ1) is 13.1. The number of nitrogens with one attached hydrogen (secondary N) is 2. The second kappa shape index (κ2) is 8.80. The summed E-state index contributed by atoms with van der Waals surface area (Å²) in [5.41, 5.74) is 3.75. The largest absolute Gasteiger partial charge is 0.352 e. The molecule has 0 aliphatic rings. The van der Waals surface area contributed by atoms with E-state index in [2.05, 4.69) is 27.9 Å². The molecule has 0 fully saturated rings. The third kappa shape index (κ3) is 5.81. The van der Waals surface area contributed by atoms with Crippen LogP contribution in [0.25, 0.3) is 0 Å². The van der Waals surface area contributed by atoms with E-state index in [1.54, 1.807) is 18.3 Å². The Bertz CT molecular complexity index is 901. The summed E-state index contributed by atoms with van der Waals surface area (Å²) < 4.78 is 1.86. The van der Waals surface area contributed by atoms with Crippen LogP contribution in [0, 0.1) is 0 Å². The summed E-state index contributed by atoms with van der Waals surface area (Å²) in [5.74, 6) is -0.175. The second-order valence-corrected chi connectivity index (χ2v) is 6.36. The van der Waals surface area contributed by atoms with E-state index in [0.717, 1.165) is 16.8 Å². The number of nitrogens with zero attached hydrogens (tertiary/aromatic N) is 2. The lowest BCUT2D eigenvalue weighted by Crippen LogP contribution is -2.24. The quantitative estimate of drug-likeness (QED) is 0.679. The van der Waals surface area contributed by atoms with Gasteiger partial charge < -0.3 is 10.6 Å². The lowest BCUT2D eigenvalue weighted by Gasteiger charge is -2.06. The van der Waals surface area contributed by atoms with Crippen molar-refractivity contribution in [2.45, 2.75) is 26.4 Å². The highest BCUT2D eigenvalue weighted by molar-refractivity contribution is 5.88. The molecule has 0 saturated heterocycles. The first kappa shape index (κ1) is 18.4. The number of amides is 2. The van der Waals surface area contributed by atoms with Crippen LogP contribution in [-0.4, -0.2) is 21.6 Å². The molecule has 2 aromatic carbocycles. The average Bonchev–Trinajstić information content (AvgIpc) is 3.09. The van der Waals surface area contributed by atoms with E-state index in [0.29, 0.717) is 19.5 Å². The molecule has 0 atom stereocenters. The smallest absolute Gasteiger partial charge is 0.224 e. The van der Waals surface area contributed by atoms with Crippen molar-refractivity contribution in [3.8, 4) is 0 Å². The van der Waals surface area contributed by atoms with E-state index in [4.69, 9.17) is 0 Å². The van der Waals surface area contributed by atoms with E-state index in [1.165, 1.54) is 12.5 Å². The van der Waals surface area contributed by atoms with E-state index in [1.807, 2.05) is 41.2 Å². The number of aromatic nitrogens is 2.